The van der Waals surface area contributed by atoms with Gasteiger partial charge in [0.1, 0.15) is 0 Å². The highest BCUT2D eigenvalue weighted by atomic mass is 16.6. The summed E-state index contributed by atoms with van der Waals surface area (Å²) in [6.07, 6.45) is 5.08. The third kappa shape index (κ3) is 2.53. The van der Waals surface area contributed by atoms with E-state index >= 15 is 0 Å². The minimum Gasteiger partial charge on any atom is -0.380 e. The van der Waals surface area contributed by atoms with Crippen molar-refractivity contribution in [2.45, 2.75) is 13.5 Å². The summed E-state index contributed by atoms with van der Waals surface area (Å²) in [6.45, 7) is 2.45. The molecular formula is C14H13N5O2. The second-order valence-corrected chi connectivity index (χ2v) is 4.72. The van der Waals surface area contributed by atoms with Crippen LogP contribution in [-0.2, 0) is 6.54 Å². The Balaban J connectivity index is 2.04. The third-order valence-corrected chi connectivity index (χ3v) is 3.25. The lowest BCUT2D eigenvalue weighted by molar-refractivity contribution is -0.383. The smallest absolute Gasteiger partial charge is 0.278 e. The molecule has 0 saturated heterocycles. The topological polar surface area (TPSA) is 96.7 Å². The Morgan fingerprint density at radius 3 is 2.90 bits per heavy atom. The number of rotatable bonds is 4. The van der Waals surface area contributed by atoms with Crippen molar-refractivity contribution in [3.05, 3.63) is 58.2 Å². The van der Waals surface area contributed by atoms with Gasteiger partial charge in [0.05, 0.1) is 16.5 Å². The lowest BCUT2D eigenvalue weighted by Gasteiger charge is -2.09. The van der Waals surface area contributed by atoms with E-state index < -0.39 is 0 Å². The molecule has 21 heavy (non-hydrogen) atoms. The molecule has 3 rings (SSSR count). The molecule has 0 unspecified atom stereocenters. The highest BCUT2D eigenvalue weighted by Gasteiger charge is 2.14. The highest BCUT2D eigenvalue weighted by molar-refractivity contribution is 5.99. The summed E-state index contributed by atoms with van der Waals surface area (Å²) in [5.41, 5.74) is 2.72. The number of non-ortho nitro benzene ring substituents is 1. The van der Waals surface area contributed by atoms with Crippen LogP contribution < -0.4 is 5.32 Å². The summed E-state index contributed by atoms with van der Waals surface area (Å²) in [7, 11) is 0. The van der Waals surface area contributed by atoms with Crippen LogP contribution in [0, 0.1) is 17.0 Å². The molecule has 0 atom stereocenters. The number of aromatic amines is 1. The average molecular weight is 283 g/mol. The van der Waals surface area contributed by atoms with Crippen LogP contribution in [0.3, 0.4) is 0 Å². The van der Waals surface area contributed by atoms with Gasteiger partial charge in [0.2, 0.25) is 0 Å². The largest absolute Gasteiger partial charge is 0.380 e. The van der Waals surface area contributed by atoms with Crippen molar-refractivity contribution < 1.29 is 4.92 Å². The second-order valence-electron chi connectivity index (χ2n) is 4.72. The van der Waals surface area contributed by atoms with E-state index in [1.165, 1.54) is 6.07 Å². The number of nitrogens with zero attached hydrogens (tertiary/aromatic N) is 3. The highest BCUT2D eigenvalue weighted by Crippen LogP contribution is 2.31. The van der Waals surface area contributed by atoms with Gasteiger partial charge in [-0.3, -0.25) is 20.2 Å². The summed E-state index contributed by atoms with van der Waals surface area (Å²) in [6, 6.07) is 5.07. The summed E-state index contributed by atoms with van der Waals surface area (Å²) < 4.78 is 0. The van der Waals surface area contributed by atoms with E-state index in [4.69, 9.17) is 0 Å². The van der Waals surface area contributed by atoms with Gasteiger partial charge in [-0.05, 0) is 19.1 Å². The SMILES string of the molecule is Cc1cc2c(NCc3cn[nH]c3)ccc([N+](=O)[O-])c2cn1. The van der Waals surface area contributed by atoms with Gasteiger partial charge < -0.3 is 5.32 Å². The number of fused-ring (bicyclic) bond motifs is 1. The zero-order chi connectivity index (χ0) is 14.8. The van der Waals surface area contributed by atoms with Crippen molar-refractivity contribution in [1.82, 2.24) is 15.2 Å². The van der Waals surface area contributed by atoms with Gasteiger partial charge in [-0.25, -0.2) is 0 Å². The molecule has 0 saturated carbocycles. The Kier molecular flexibility index (Phi) is 3.23. The van der Waals surface area contributed by atoms with E-state index in [2.05, 4.69) is 20.5 Å². The summed E-state index contributed by atoms with van der Waals surface area (Å²) in [5.74, 6) is 0. The molecule has 0 amide bonds. The molecule has 0 radical (unpaired) electrons. The molecule has 7 heteroatoms. The number of aromatic nitrogens is 3. The molecule has 1 aromatic carbocycles. The molecular weight excluding hydrogens is 270 g/mol. The van der Waals surface area contributed by atoms with E-state index in [0.717, 1.165) is 22.3 Å². The van der Waals surface area contributed by atoms with Crippen molar-refractivity contribution >= 4 is 22.1 Å². The van der Waals surface area contributed by atoms with E-state index in [9.17, 15) is 10.1 Å². The predicted octanol–water partition coefficient (Wildman–Crippen LogP) is 2.79. The number of anilines is 1. The number of nitro benzene ring substituents is 1. The Hall–Kier alpha value is -2.96. The third-order valence-electron chi connectivity index (χ3n) is 3.25. The zero-order valence-electron chi connectivity index (χ0n) is 11.3. The molecule has 2 N–H and O–H groups in total. The standard InChI is InChI=1S/C14H13N5O2/c1-9-4-11-12(8-15-9)14(19(20)21)3-2-13(11)16-5-10-6-17-18-7-10/h2-4,6-8,16H,5H2,1H3,(H,17,18). The van der Waals surface area contributed by atoms with Gasteiger partial charge in [0.15, 0.2) is 0 Å². The fraction of sp³-hybridized carbons (Fsp3) is 0.143. The molecule has 0 fully saturated rings. The number of benzene rings is 1. The first-order valence-electron chi connectivity index (χ1n) is 6.40. The monoisotopic (exact) mass is 283 g/mol. The maximum absolute atomic E-state index is 11.1. The number of nitrogens with one attached hydrogen (secondary N) is 2. The lowest BCUT2D eigenvalue weighted by atomic mass is 10.1. The van der Waals surface area contributed by atoms with E-state index in [1.54, 1.807) is 24.7 Å². The van der Waals surface area contributed by atoms with Crippen molar-refractivity contribution in [3.63, 3.8) is 0 Å². The van der Waals surface area contributed by atoms with Crippen LogP contribution in [0.1, 0.15) is 11.3 Å². The molecule has 106 valence electrons. The molecule has 0 aliphatic carbocycles. The van der Waals surface area contributed by atoms with Crippen molar-refractivity contribution in [3.8, 4) is 0 Å². The zero-order valence-corrected chi connectivity index (χ0v) is 11.3. The second kappa shape index (κ2) is 5.20. The summed E-state index contributed by atoms with van der Waals surface area (Å²) in [4.78, 5) is 14.9. The number of hydrogen-bond donors (Lipinski definition) is 2. The minimum atomic E-state index is -0.390. The lowest BCUT2D eigenvalue weighted by Crippen LogP contribution is -2.00. The number of pyridine rings is 1. The molecule has 3 aromatic rings. The molecule has 2 aromatic heterocycles. The Labute approximate surface area is 120 Å². The number of aryl methyl sites for hydroxylation is 1. The molecule has 0 bridgehead atoms. The van der Waals surface area contributed by atoms with E-state index in [-0.39, 0.29) is 10.6 Å². The van der Waals surface area contributed by atoms with E-state index in [1.807, 2.05) is 13.0 Å². The van der Waals surface area contributed by atoms with Crippen LogP contribution in [0.2, 0.25) is 0 Å². The van der Waals surface area contributed by atoms with Crippen LogP contribution in [0.15, 0.2) is 36.8 Å². The van der Waals surface area contributed by atoms with Crippen LogP contribution in [-0.4, -0.2) is 20.1 Å². The molecule has 0 spiro atoms. The van der Waals surface area contributed by atoms with Crippen LogP contribution in [0.5, 0.6) is 0 Å². The van der Waals surface area contributed by atoms with Gasteiger partial charge in [0, 0.05) is 47.3 Å². The number of nitro groups is 1. The first-order valence-corrected chi connectivity index (χ1v) is 6.40. The maximum Gasteiger partial charge on any atom is 0.278 e. The van der Waals surface area contributed by atoms with Gasteiger partial charge >= 0.3 is 0 Å². The van der Waals surface area contributed by atoms with Crippen LogP contribution in [0.25, 0.3) is 10.8 Å². The Bertz CT molecular complexity index is 798. The summed E-state index contributed by atoms with van der Waals surface area (Å²) in [5, 5.41) is 22.3. The van der Waals surface area contributed by atoms with Crippen LogP contribution >= 0.6 is 0 Å². The van der Waals surface area contributed by atoms with Gasteiger partial charge in [0.25, 0.3) is 5.69 Å². The van der Waals surface area contributed by atoms with Crippen LogP contribution in [0.4, 0.5) is 11.4 Å². The molecule has 2 heterocycles. The number of H-pyrrole nitrogens is 1. The molecule has 0 aliphatic rings. The fourth-order valence-corrected chi connectivity index (χ4v) is 2.21. The van der Waals surface area contributed by atoms with Gasteiger partial charge in [-0.15, -0.1) is 0 Å². The van der Waals surface area contributed by atoms with Crippen molar-refractivity contribution in [2.24, 2.45) is 0 Å². The first kappa shape index (κ1) is 13.0. The number of hydrogen-bond acceptors (Lipinski definition) is 5. The summed E-state index contributed by atoms with van der Waals surface area (Å²) >= 11 is 0. The quantitative estimate of drug-likeness (QED) is 0.567. The Morgan fingerprint density at radius 1 is 1.33 bits per heavy atom. The molecule has 7 nitrogen and oxygen atoms in total. The molecule has 0 aliphatic heterocycles. The van der Waals surface area contributed by atoms with E-state index in [0.29, 0.717) is 11.9 Å². The first-order chi connectivity index (χ1) is 10.1. The van der Waals surface area contributed by atoms with Gasteiger partial charge in [-0.1, -0.05) is 0 Å². The predicted molar refractivity (Wildman–Crippen MR) is 79.0 cm³/mol. The normalized spacial score (nSPS) is 10.7. The maximum atomic E-state index is 11.1. The van der Waals surface area contributed by atoms with Gasteiger partial charge in [-0.2, -0.15) is 5.10 Å². The Morgan fingerprint density at radius 2 is 2.19 bits per heavy atom. The average Bonchev–Trinajstić information content (AvgIpc) is 2.97. The fourth-order valence-electron chi connectivity index (χ4n) is 2.21. The minimum absolute atomic E-state index is 0.0614. The van der Waals surface area contributed by atoms with Crippen molar-refractivity contribution in [1.29, 1.82) is 0 Å². The van der Waals surface area contributed by atoms with Crippen molar-refractivity contribution in [2.75, 3.05) is 5.32 Å².